The molecule has 0 aromatic heterocycles. The fourth-order valence-corrected chi connectivity index (χ4v) is 7.86. The summed E-state index contributed by atoms with van der Waals surface area (Å²) in [6, 6.07) is 0.115. The number of amides is 3. The third-order valence-electron chi connectivity index (χ3n) is 8.64. The molecule has 0 aromatic carbocycles. The molecule has 2 rings (SSSR count). The van der Waals surface area contributed by atoms with Gasteiger partial charge in [0.2, 0.25) is 5.91 Å². The van der Waals surface area contributed by atoms with Gasteiger partial charge in [-0.15, -0.1) is 0 Å². The Morgan fingerprint density at radius 3 is 2.32 bits per heavy atom. The van der Waals surface area contributed by atoms with Crippen LogP contribution in [-0.4, -0.2) is 98.2 Å². The molecule has 4 N–H and O–H groups in total. The van der Waals surface area contributed by atoms with Gasteiger partial charge in [-0.2, -0.15) is 11.8 Å². The monoisotopic (exact) mass is 600 g/mol. The van der Waals surface area contributed by atoms with Gasteiger partial charge >= 0.3 is 6.03 Å². The Labute approximate surface area is 254 Å². The van der Waals surface area contributed by atoms with E-state index in [1.807, 2.05) is 11.8 Å². The summed E-state index contributed by atoms with van der Waals surface area (Å²) in [5, 5.41) is 6.72. The molecule has 0 saturated carbocycles. The molecule has 2 aliphatic heterocycles. The lowest BCUT2D eigenvalue weighted by molar-refractivity contribution is -0.121. The Hall–Kier alpha value is -1.07. The number of thioether (sulfide) groups is 1. The number of hydrogen-bond acceptors (Lipinski definition) is 7. The van der Waals surface area contributed by atoms with E-state index in [1.54, 1.807) is 0 Å². The van der Waals surface area contributed by atoms with Crippen LogP contribution in [0.1, 0.15) is 104 Å². The fraction of sp³-hybridized carbons (Fsp3) is 0.935. The number of urea groups is 1. The van der Waals surface area contributed by atoms with Gasteiger partial charge in [0, 0.05) is 50.3 Å². The van der Waals surface area contributed by atoms with Crippen molar-refractivity contribution in [2.24, 2.45) is 5.73 Å². The lowest BCUT2D eigenvalue weighted by Gasteiger charge is -2.42. The van der Waals surface area contributed by atoms with E-state index in [4.69, 9.17) is 19.9 Å². The van der Waals surface area contributed by atoms with Crippen LogP contribution < -0.4 is 16.4 Å². The van der Waals surface area contributed by atoms with Crippen LogP contribution in [0.4, 0.5) is 4.79 Å². The van der Waals surface area contributed by atoms with Crippen LogP contribution in [0.3, 0.4) is 0 Å². The molecule has 2 aliphatic rings. The number of rotatable bonds is 26. The number of carbonyl (C=O) groups excluding carboxylic acids is 2. The number of nitrogens with zero attached hydrogens (tertiary/aromatic N) is 1. The first-order valence-electron chi connectivity index (χ1n) is 16.3. The predicted octanol–water partition coefficient (Wildman–Crippen LogP) is 4.86. The van der Waals surface area contributed by atoms with E-state index in [-0.39, 0.29) is 23.0 Å². The average molecular weight is 601 g/mol. The van der Waals surface area contributed by atoms with Gasteiger partial charge in [-0.05, 0) is 39.5 Å². The minimum atomic E-state index is -0.172. The molecule has 0 bridgehead atoms. The summed E-state index contributed by atoms with van der Waals surface area (Å²) >= 11 is 2.01. The molecule has 10 heteroatoms. The topological polar surface area (TPSA) is 115 Å². The minimum Gasteiger partial charge on any atom is -0.380 e. The highest BCUT2D eigenvalue weighted by Gasteiger charge is 2.64. The molecule has 2 unspecified atom stereocenters. The Bertz CT molecular complexity index is 733. The van der Waals surface area contributed by atoms with Crippen molar-refractivity contribution in [3.63, 3.8) is 0 Å². The molecule has 3 atom stereocenters. The van der Waals surface area contributed by atoms with Gasteiger partial charge in [-0.1, -0.05) is 58.3 Å². The second-order valence-electron chi connectivity index (χ2n) is 11.9. The molecule has 2 fully saturated rings. The molecular formula is C31H60N4O5S. The number of unbranched alkanes of at least 4 members (excludes halogenated alkanes) is 8. The summed E-state index contributed by atoms with van der Waals surface area (Å²) in [5.41, 5.74) is 5.03. The van der Waals surface area contributed by atoms with Gasteiger partial charge in [-0.25, -0.2) is 4.79 Å². The maximum Gasteiger partial charge on any atom is 0.318 e. The molecule has 3 amide bonds. The van der Waals surface area contributed by atoms with Crippen LogP contribution in [0.25, 0.3) is 0 Å². The first-order chi connectivity index (χ1) is 19.9. The third-order valence-corrected chi connectivity index (χ3v) is 10.5. The molecule has 0 aliphatic carbocycles. The summed E-state index contributed by atoms with van der Waals surface area (Å²) in [6.07, 6.45) is 14.3. The number of fused-ring (bicyclic) bond motifs is 1. The van der Waals surface area contributed by atoms with E-state index in [9.17, 15) is 9.59 Å². The number of ether oxygens (including phenoxy) is 3. The van der Waals surface area contributed by atoms with Gasteiger partial charge in [0.1, 0.15) is 0 Å². The van der Waals surface area contributed by atoms with E-state index in [2.05, 4.69) is 36.3 Å². The smallest absolute Gasteiger partial charge is 0.318 e. The van der Waals surface area contributed by atoms with Crippen LogP contribution in [0.5, 0.6) is 0 Å². The van der Waals surface area contributed by atoms with Crippen LogP contribution in [0, 0.1) is 0 Å². The van der Waals surface area contributed by atoms with Crippen LogP contribution in [0.15, 0.2) is 0 Å². The highest BCUT2D eigenvalue weighted by Crippen LogP contribution is 2.51. The number of nitrogens with one attached hydrogen (secondary N) is 2. The Morgan fingerprint density at radius 2 is 1.59 bits per heavy atom. The van der Waals surface area contributed by atoms with E-state index in [0.717, 1.165) is 50.8 Å². The molecule has 0 radical (unpaired) electrons. The summed E-state index contributed by atoms with van der Waals surface area (Å²) < 4.78 is 16.3. The predicted molar refractivity (Wildman–Crippen MR) is 169 cm³/mol. The molecule has 2 saturated heterocycles. The van der Waals surface area contributed by atoms with Crippen molar-refractivity contribution in [2.75, 3.05) is 65.0 Å². The molecule has 9 nitrogen and oxygen atoms in total. The van der Waals surface area contributed by atoms with Crippen LogP contribution in [0.2, 0.25) is 0 Å². The fourth-order valence-electron chi connectivity index (χ4n) is 5.92. The standard InChI is InChI=1S/C31H60N4O5S/c1-4-5-6-7-8-9-13-19-35-29(37)34-30(2)26-41-27(31(30,35)3)15-11-10-12-16-28(36)33-18-23-38-20-14-21-39-24-25-40-22-17-32/h27H,4-26,32H2,1-3H3,(H,33,36)(H,34,37)/t27-,30?,31?/m0/s1. The zero-order chi connectivity index (χ0) is 29.8. The normalized spacial score (nSPS) is 23.7. The van der Waals surface area contributed by atoms with Crippen molar-refractivity contribution in [1.82, 2.24) is 15.5 Å². The van der Waals surface area contributed by atoms with E-state index in [0.29, 0.717) is 64.4 Å². The molecular weight excluding hydrogens is 540 g/mol. The zero-order valence-electron chi connectivity index (χ0n) is 26.3. The first-order valence-corrected chi connectivity index (χ1v) is 17.3. The van der Waals surface area contributed by atoms with Gasteiger partial charge in [0.15, 0.2) is 0 Å². The SMILES string of the molecule is CCCCCCCCCN1C(=O)NC2(C)CS[C@@H](CCCCCC(=O)NCCOCCCOCCOCCN)C12C. The molecule has 0 aromatic rings. The average Bonchev–Trinajstić information content (AvgIpc) is 3.30. The Balaban J connectivity index is 1.54. The van der Waals surface area contributed by atoms with Gasteiger partial charge in [-0.3, -0.25) is 4.79 Å². The molecule has 2 heterocycles. The summed E-state index contributed by atoms with van der Waals surface area (Å²) in [4.78, 5) is 27.3. The molecule has 0 spiro atoms. The Kier molecular flexibility index (Phi) is 18.3. The first kappa shape index (κ1) is 36.1. The zero-order valence-corrected chi connectivity index (χ0v) is 27.1. The van der Waals surface area contributed by atoms with Crippen molar-refractivity contribution in [1.29, 1.82) is 0 Å². The van der Waals surface area contributed by atoms with Gasteiger partial charge < -0.3 is 35.5 Å². The quantitative estimate of drug-likeness (QED) is 0.0960. The molecule has 41 heavy (non-hydrogen) atoms. The number of hydrogen-bond donors (Lipinski definition) is 3. The van der Waals surface area contributed by atoms with Crippen molar-refractivity contribution in [3.05, 3.63) is 0 Å². The van der Waals surface area contributed by atoms with Crippen molar-refractivity contribution >= 4 is 23.7 Å². The largest absolute Gasteiger partial charge is 0.380 e. The maximum atomic E-state index is 13.0. The summed E-state index contributed by atoms with van der Waals surface area (Å²) in [5.74, 6) is 1.06. The van der Waals surface area contributed by atoms with Gasteiger partial charge in [0.05, 0.1) is 37.5 Å². The molecule has 240 valence electrons. The van der Waals surface area contributed by atoms with Crippen LogP contribution >= 0.6 is 11.8 Å². The lowest BCUT2D eigenvalue weighted by Crippen LogP contribution is -2.59. The van der Waals surface area contributed by atoms with E-state index < -0.39 is 0 Å². The van der Waals surface area contributed by atoms with Gasteiger partial charge in [0.25, 0.3) is 0 Å². The highest BCUT2D eigenvalue weighted by molar-refractivity contribution is 8.00. The van der Waals surface area contributed by atoms with Crippen molar-refractivity contribution < 1.29 is 23.8 Å². The van der Waals surface area contributed by atoms with Crippen LogP contribution in [-0.2, 0) is 19.0 Å². The highest BCUT2D eigenvalue weighted by atomic mass is 32.2. The third kappa shape index (κ3) is 12.2. The maximum absolute atomic E-state index is 13.0. The summed E-state index contributed by atoms with van der Waals surface area (Å²) in [7, 11) is 0. The van der Waals surface area contributed by atoms with Crippen molar-refractivity contribution in [2.45, 2.75) is 121 Å². The van der Waals surface area contributed by atoms with Crippen molar-refractivity contribution in [3.8, 4) is 0 Å². The number of carbonyl (C=O) groups is 2. The van der Waals surface area contributed by atoms with E-state index in [1.165, 1.54) is 38.5 Å². The second kappa shape index (κ2) is 20.8. The summed E-state index contributed by atoms with van der Waals surface area (Å²) in [6.45, 7) is 12.2. The minimum absolute atomic E-state index is 0.0932. The number of nitrogens with two attached hydrogens (primary N) is 1. The van der Waals surface area contributed by atoms with E-state index >= 15 is 0 Å². The second-order valence-corrected chi connectivity index (χ2v) is 13.1. The Morgan fingerprint density at radius 1 is 0.927 bits per heavy atom. The lowest BCUT2D eigenvalue weighted by atomic mass is 9.77.